The number of hydrogen-bond donors (Lipinski definition) is 3. The molecular weight excluding hydrogens is 527 g/mol. The summed E-state index contributed by atoms with van der Waals surface area (Å²) < 4.78 is 47.8. The van der Waals surface area contributed by atoms with Crippen molar-refractivity contribution in [3.8, 4) is 22.2 Å². The van der Waals surface area contributed by atoms with Gasteiger partial charge in [-0.3, -0.25) is 4.72 Å². The molecule has 1 aliphatic rings. The first-order valence-corrected chi connectivity index (χ1v) is 14.7. The van der Waals surface area contributed by atoms with Gasteiger partial charge in [-0.2, -0.15) is 0 Å². The number of alkyl halides is 1. The van der Waals surface area contributed by atoms with Gasteiger partial charge in [-0.1, -0.05) is 24.3 Å². The van der Waals surface area contributed by atoms with Crippen LogP contribution in [-0.2, 0) is 10.0 Å². The van der Waals surface area contributed by atoms with Crippen molar-refractivity contribution < 1.29 is 17.5 Å². The van der Waals surface area contributed by atoms with Crippen LogP contribution < -0.4 is 20.1 Å². The van der Waals surface area contributed by atoms with Gasteiger partial charge in [0.2, 0.25) is 21.9 Å². The van der Waals surface area contributed by atoms with Crippen LogP contribution in [0.15, 0.2) is 48.7 Å². The number of nitrogens with one attached hydrogen (secondary N) is 3. The minimum absolute atomic E-state index is 0.106. The molecule has 2 aromatic carbocycles. The van der Waals surface area contributed by atoms with Gasteiger partial charge < -0.3 is 15.4 Å². The molecule has 0 aliphatic carbocycles. The Hall–Kier alpha value is -3.35. The van der Waals surface area contributed by atoms with Crippen LogP contribution in [0.4, 0.5) is 16.0 Å². The summed E-state index contributed by atoms with van der Waals surface area (Å²) in [5.41, 5.74) is 1.12. The van der Waals surface area contributed by atoms with E-state index in [2.05, 4.69) is 30.3 Å². The lowest BCUT2D eigenvalue weighted by Crippen LogP contribution is -2.44. The van der Waals surface area contributed by atoms with E-state index in [0.29, 0.717) is 53.9 Å². The fraction of sp³-hybridized carbons (Fsp3) is 0.346. The largest absolute Gasteiger partial charge is 0.437 e. The number of sulfonamides is 1. The first kappa shape index (κ1) is 26.3. The summed E-state index contributed by atoms with van der Waals surface area (Å²) in [6, 6.07) is 12.5. The Morgan fingerprint density at radius 2 is 1.89 bits per heavy atom. The molecule has 12 heteroatoms. The number of thiazole rings is 1. The second-order valence-electron chi connectivity index (χ2n) is 9.42. The number of rotatable bonds is 8. The monoisotopic (exact) mass is 556 g/mol. The molecule has 0 unspecified atom stereocenters. The van der Waals surface area contributed by atoms with Crippen molar-refractivity contribution in [1.82, 2.24) is 20.3 Å². The highest BCUT2D eigenvalue weighted by Gasteiger charge is 2.23. The van der Waals surface area contributed by atoms with Gasteiger partial charge >= 0.3 is 0 Å². The lowest BCUT2D eigenvalue weighted by Gasteiger charge is -2.26. The molecule has 0 saturated carbocycles. The molecule has 0 amide bonds. The first-order valence-electron chi connectivity index (χ1n) is 12.3. The third kappa shape index (κ3) is 5.71. The summed E-state index contributed by atoms with van der Waals surface area (Å²) in [5.74, 6) is 1.34. The summed E-state index contributed by atoms with van der Waals surface area (Å²) in [7, 11) is -3.52. The number of hydrogen-bond acceptors (Lipinski definition) is 9. The lowest BCUT2D eigenvalue weighted by molar-refractivity contribution is 0.254. The summed E-state index contributed by atoms with van der Waals surface area (Å²) >= 11 is 1.44. The normalized spacial score (nSPS) is 18.0. The van der Waals surface area contributed by atoms with Crippen LogP contribution in [0, 0.1) is 6.92 Å². The Bertz CT molecular complexity index is 1560. The fourth-order valence-electron chi connectivity index (χ4n) is 4.20. The van der Waals surface area contributed by atoms with E-state index in [-0.39, 0.29) is 6.04 Å². The zero-order chi connectivity index (χ0) is 26.9. The van der Waals surface area contributed by atoms with Crippen LogP contribution in [0.1, 0.15) is 25.3 Å². The quantitative estimate of drug-likeness (QED) is 0.274. The van der Waals surface area contributed by atoms with Crippen LogP contribution in [0.5, 0.6) is 11.6 Å². The second-order valence-corrected chi connectivity index (χ2v) is 12.9. The van der Waals surface area contributed by atoms with Crippen LogP contribution in [0.2, 0.25) is 0 Å². The van der Waals surface area contributed by atoms with Gasteiger partial charge in [-0.15, -0.1) is 11.3 Å². The van der Waals surface area contributed by atoms with Gasteiger partial charge in [-0.05, 0) is 39.0 Å². The number of halogens is 1. The first-order chi connectivity index (χ1) is 18.2. The Morgan fingerprint density at radius 3 is 2.66 bits per heavy atom. The molecule has 5 rings (SSSR count). The average molecular weight is 557 g/mol. The molecule has 9 nitrogen and oxygen atoms in total. The molecule has 0 radical (unpaired) electrons. The van der Waals surface area contributed by atoms with Crippen molar-refractivity contribution in [2.75, 3.05) is 23.1 Å². The summed E-state index contributed by atoms with van der Waals surface area (Å²) in [6.45, 7) is 6.15. The molecule has 2 aromatic heterocycles. The number of nitrogens with zero attached hydrogens (tertiary/aromatic N) is 3. The summed E-state index contributed by atoms with van der Waals surface area (Å²) in [4.78, 5) is 14.3. The highest BCUT2D eigenvalue weighted by atomic mass is 32.2. The van der Waals surface area contributed by atoms with E-state index in [1.54, 1.807) is 38.2 Å². The summed E-state index contributed by atoms with van der Waals surface area (Å²) in [6.07, 6.45) is 1.14. The van der Waals surface area contributed by atoms with Gasteiger partial charge in [0.05, 0.1) is 21.6 Å². The van der Waals surface area contributed by atoms with E-state index in [4.69, 9.17) is 4.74 Å². The Labute approximate surface area is 224 Å². The lowest BCUT2D eigenvalue weighted by atomic mass is 10.1. The number of piperidine rings is 1. The number of ether oxygens (including phenoxy) is 1. The van der Waals surface area contributed by atoms with Gasteiger partial charge in [0.25, 0.3) is 0 Å². The van der Waals surface area contributed by atoms with Gasteiger partial charge in [-0.25, -0.2) is 27.8 Å². The molecule has 2 atom stereocenters. The molecule has 1 fully saturated rings. The maximum atomic E-state index is 13.8. The van der Waals surface area contributed by atoms with E-state index < -0.39 is 21.4 Å². The van der Waals surface area contributed by atoms with Crippen molar-refractivity contribution in [1.29, 1.82) is 0 Å². The van der Waals surface area contributed by atoms with E-state index >= 15 is 0 Å². The van der Waals surface area contributed by atoms with Crippen LogP contribution >= 0.6 is 11.3 Å². The number of anilines is 2. The standard InChI is InChI=1S/C26H29FN6O3S2/c1-15(2)38(34,35)33-21-8-9-23(20-7-5-4-6-19(20)21)36-25-24(37-16(3)30-25)22-10-11-29-26(32-22)31-18-12-17(27)13-28-14-18/h4-11,15,17-18,28,33H,12-14H2,1-3H3,(H,29,31,32)/t17-,18-/m0/s1. The average Bonchev–Trinajstić information content (AvgIpc) is 3.25. The molecule has 200 valence electrons. The maximum absolute atomic E-state index is 13.8. The molecule has 4 aromatic rings. The zero-order valence-electron chi connectivity index (χ0n) is 21.2. The van der Waals surface area contributed by atoms with Crippen molar-refractivity contribution >= 4 is 43.8 Å². The zero-order valence-corrected chi connectivity index (χ0v) is 22.9. The van der Waals surface area contributed by atoms with Crippen molar-refractivity contribution in [2.45, 2.75) is 44.7 Å². The fourth-order valence-corrected chi connectivity index (χ4v) is 5.74. The van der Waals surface area contributed by atoms with Crippen molar-refractivity contribution in [3.63, 3.8) is 0 Å². The number of aryl methyl sites for hydroxylation is 1. The highest BCUT2D eigenvalue weighted by molar-refractivity contribution is 7.93. The molecular formula is C26H29FN6O3S2. The van der Waals surface area contributed by atoms with Gasteiger partial charge in [0.1, 0.15) is 16.8 Å². The molecule has 0 spiro atoms. The smallest absolute Gasteiger partial charge is 0.240 e. The molecule has 38 heavy (non-hydrogen) atoms. The van der Waals surface area contributed by atoms with E-state index in [1.165, 1.54) is 11.3 Å². The molecule has 3 N–H and O–H groups in total. The number of fused-ring (bicyclic) bond motifs is 1. The van der Waals surface area contributed by atoms with Crippen molar-refractivity contribution in [3.05, 3.63) is 53.7 Å². The topological polar surface area (TPSA) is 118 Å². The Balaban J connectivity index is 1.45. The maximum Gasteiger partial charge on any atom is 0.240 e. The SMILES string of the molecule is Cc1nc(Oc2ccc(NS(=O)(=O)C(C)C)c3ccccc23)c(-c2ccnc(N[C@@H]3CNC[C@@H](F)C3)n2)s1. The van der Waals surface area contributed by atoms with Crippen LogP contribution in [-0.4, -0.2) is 53.9 Å². The number of benzene rings is 2. The summed E-state index contributed by atoms with van der Waals surface area (Å²) in [5, 5.41) is 7.96. The van der Waals surface area contributed by atoms with Gasteiger partial charge in [0.15, 0.2) is 0 Å². The van der Waals surface area contributed by atoms with E-state index in [0.717, 1.165) is 15.3 Å². The van der Waals surface area contributed by atoms with Crippen LogP contribution in [0.25, 0.3) is 21.3 Å². The third-order valence-corrected chi connectivity index (χ3v) is 8.91. The molecule has 1 saturated heterocycles. The van der Waals surface area contributed by atoms with E-state index in [1.807, 2.05) is 31.2 Å². The Morgan fingerprint density at radius 1 is 1.11 bits per heavy atom. The molecule has 0 bridgehead atoms. The highest BCUT2D eigenvalue weighted by Crippen LogP contribution is 2.40. The molecule has 1 aliphatic heterocycles. The van der Waals surface area contributed by atoms with E-state index in [9.17, 15) is 12.8 Å². The Kier molecular flexibility index (Phi) is 7.46. The predicted octanol–water partition coefficient (Wildman–Crippen LogP) is 5.12. The minimum atomic E-state index is -3.52. The minimum Gasteiger partial charge on any atom is -0.437 e. The second kappa shape index (κ2) is 10.8. The number of aromatic nitrogens is 3. The molecule has 3 heterocycles. The van der Waals surface area contributed by atoms with Crippen molar-refractivity contribution in [2.24, 2.45) is 0 Å². The third-order valence-electron chi connectivity index (χ3n) is 6.18. The van der Waals surface area contributed by atoms with Crippen LogP contribution in [0.3, 0.4) is 0 Å². The van der Waals surface area contributed by atoms with Gasteiger partial charge in [0, 0.05) is 42.5 Å². The predicted molar refractivity (Wildman–Crippen MR) is 149 cm³/mol.